The molecule has 3 amide bonds. The first kappa shape index (κ1) is 29.2. The van der Waals surface area contributed by atoms with Crippen molar-refractivity contribution in [1.29, 1.82) is 0 Å². The van der Waals surface area contributed by atoms with Gasteiger partial charge in [0, 0.05) is 18.2 Å². The van der Waals surface area contributed by atoms with E-state index in [1.165, 1.54) is 23.3 Å². The minimum atomic E-state index is -0.903. The summed E-state index contributed by atoms with van der Waals surface area (Å²) >= 11 is 1.44. The maximum absolute atomic E-state index is 13.9. The van der Waals surface area contributed by atoms with Crippen LogP contribution in [0.25, 0.3) is 21.7 Å². The molecule has 3 aromatic rings. The van der Waals surface area contributed by atoms with Gasteiger partial charge in [-0.1, -0.05) is 26.8 Å². The van der Waals surface area contributed by atoms with Crippen LogP contribution >= 0.6 is 11.3 Å². The number of fused-ring (bicyclic) bond motifs is 1. The fraction of sp³-hybridized carbons (Fsp3) is 0.500. The Balaban J connectivity index is 1.61. The van der Waals surface area contributed by atoms with Crippen molar-refractivity contribution in [1.82, 2.24) is 30.5 Å². The summed E-state index contributed by atoms with van der Waals surface area (Å²) in [5.41, 5.74) is 0.186. The quantitative estimate of drug-likeness (QED) is 0.429. The molecule has 1 unspecified atom stereocenters. The molecule has 11 nitrogen and oxygen atoms in total. The van der Waals surface area contributed by atoms with Crippen molar-refractivity contribution in [3.8, 4) is 17.4 Å². The highest BCUT2D eigenvalue weighted by Crippen LogP contribution is 2.34. The second-order valence-electron chi connectivity index (χ2n) is 11.9. The van der Waals surface area contributed by atoms with E-state index in [9.17, 15) is 14.4 Å². The van der Waals surface area contributed by atoms with Crippen LogP contribution in [0.3, 0.4) is 0 Å². The third-order valence-electron chi connectivity index (χ3n) is 6.34. The van der Waals surface area contributed by atoms with Crippen LogP contribution in [0.1, 0.15) is 48.0 Å². The van der Waals surface area contributed by atoms with Crippen LogP contribution < -0.4 is 15.4 Å². The zero-order chi connectivity index (χ0) is 29.2. The molecular weight excluding hydrogens is 532 g/mol. The number of carbonyl (C=O) groups excluding carboxylic acids is 3. The van der Waals surface area contributed by atoms with E-state index >= 15 is 0 Å². The Morgan fingerprint density at radius 2 is 1.85 bits per heavy atom. The van der Waals surface area contributed by atoms with E-state index in [2.05, 4.69) is 25.6 Å². The molecule has 0 aromatic carbocycles. The van der Waals surface area contributed by atoms with Crippen LogP contribution in [0.15, 0.2) is 35.8 Å². The molecule has 40 heavy (non-hydrogen) atoms. The van der Waals surface area contributed by atoms with E-state index in [-0.39, 0.29) is 13.0 Å². The number of nitrogens with one attached hydrogen (secondary N) is 2. The number of rotatable bonds is 6. The number of hydrogen-bond donors (Lipinski definition) is 2. The van der Waals surface area contributed by atoms with Crippen molar-refractivity contribution in [2.75, 3.05) is 13.7 Å². The highest BCUT2D eigenvalue weighted by molar-refractivity contribution is 7.17. The average Bonchev–Trinajstić information content (AvgIpc) is 3.53. The van der Waals surface area contributed by atoms with Crippen LogP contribution in [-0.2, 0) is 14.3 Å². The maximum atomic E-state index is 13.9. The second kappa shape index (κ2) is 11.4. The Morgan fingerprint density at radius 3 is 2.48 bits per heavy atom. The van der Waals surface area contributed by atoms with Gasteiger partial charge in [-0.25, -0.2) is 14.6 Å². The second-order valence-corrected chi connectivity index (χ2v) is 12.8. The molecule has 1 fully saturated rings. The molecule has 214 valence electrons. The summed E-state index contributed by atoms with van der Waals surface area (Å²) < 4.78 is 12.2. The van der Waals surface area contributed by atoms with E-state index in [0.717, 1.165) is 4.70 Å². The topological polar surface area (TPSA) is 136 Å². The molecule has 1 saturated heterocycles. The van der Waals surface area contributed by atoms with Gasteiger partial charge in [0.25, 0.3) is 0 Å². The van der Waals surface area contributed by atoms with Crippen LogP contribution in [0, 0.1) is 5.41 Å². The van der Waals surface area contributed by atoms with Gasteiger partial charge < -0.3 is 25.0 Å². The number of thiophene rings is 1. The van der Waals surface area contributed by atoms with Gasteiger partial charge in [-0.15, -0.1) is 11.3 Å². The lowest BCUT2D eigenvalue weighted by Crippen LogP contribution is -2.60. The lowest BCUT2D eigenvalue weighted by atomic mass is 9.85. The number of amides is 3. The van der Waals surface area contributed by atoms with E-state index in [4.69, 9.17) is 9.47 Å². The third kappa shape index (κ3) is 6.67. The fourth-order valence-electron chi connectivity index (χ4n) is 4.49. The molecule has 4 rings (SSSR count). The Hall–Kier alpha value is -3.80. The first-order valence-corrected chi connectivity index (χ1v) is 13.9. The summed E-state index contributed by atoms with van der Waals surface area (Å²) in [4.78, 5) is 54.5. The number of nitrogens with zero attached hydrogens (tertiary/aromatic N) is 4. The molecule has 3 aromatic heterocycles. The van der Waals surface area contributed by atoms with E-state index in [0.29, 0.717) is 22.9 Å². The number of carbonyl (C=O) groups is 3. The van der Waals surface area contributed by atoms with Crippen molar-refractivity contribution >= 4 is 39.5 Å². The molecule has 3 atom stereocenters. The van der Waals surface area contributed by atoms with Crippen molar-refractivity contribution in [2.45, 2.75) is 71.7 Å². The molecule has 0 radical (unpaired) electrons. The minimum Gasteiger partial charge on any atom is -0.471 e. The predicted octanol–water partition coefficient (Wildman–Crippen LogP) is 3.79. The summed E-state index contributed by atoms with van der Waals surface area (Å²) in [7, 11) is 1.29. The average molecular weight is 569 g/mol. The van der Waals surface area contributed by atoms with E-state index in [1.54, 1.807) is 6.20 Å². The first-order valence-electron chi connectivity index (χ1n) is 13.1. The standard InChI is InChI=1S/C28H36N6O5S/c1-27(2,3)21(31-26(37)33-28(4,5)6)24(35)34-15-16(14-19(34)25(36)38-7)39-23-20-17(11-13-40-20)30-22(32-23)18-10-8-9-12-29-18/h8-13,16,19,21H,14-15H2,1-7H3,(H2,31,33,37)/t16-,19?,21-/m1/s1. The first-order chi connectivity index (χ1) is 18.8. The molecule has 1 aliphatic heterocycles. The van der Waals surface area contributed by atoms with Gasteiger partial charge in [-0.3, -0.25) is 9.78 Å². The van der Waals surface area contributed by atoms with Crippen molar-refractivity contribution < 1.29 is 23.9 Å². The van der Waals surface area contributed by atoms with Gasteiger partial charge >= 0.3 is 12.0 Å². The number of hydrogen-bond acceptors (Lipinski definition) is 9. The van der Waals surface area contributed by atoms with Gasteiger partial charge in [-0.2, -0.15) is 4.98 Å². The molecule has 2 N–H and O–H groups in total. The van der Waals surface area contributed by atoms with Crippen LogP contribution in [0.4, 0.5) is 4.79 Å². The zero-order valence-electron chi connectivity index (χ0n) is 23.8. The highest BCUT2D eigenvalue weighted by Gasteiger charge is 2.46. The molecule has 0 bridgehead atoms. The smallest absolute Gasteiger partial charge is 0.328 e. The third-order valence-corrected chi connectivity index (χ3v) is 7.23. The highest BCUT2D eigenvalue weighted by atomic mass is 32.1. The number of urea groups is 1. The Morgan fingerprint density at radius 1 is 1.10 bits per heavy atom. The maximum Gasteiger partial charge on any atom is 0.328 e. The van der Waals surface area contributed by atoms with Gasteiger partial charge in [0.1, 0.15) is 28.6 Å². The lowest BCUT2D eigenvalue weighted by molar-refractivity contribution is -0.152. The van der Waals surface area contributed by atoms with Crippen molar-refractivity contribution in [3.05, 3.63) is 35.8 Å². The van der Waals surface area contributed by atoms with Crippen LogP contribution in [-0.4, -0.2) is 75.1 Å². The normalized spacial score (nSPS) is 18.3. The van der Waals surface area contributed by atoms with Gasteiger partial charge in [-0.05, 0) is 49.8 Å². The van der Waals surface area contributed by atoms with Crippen molar-refractivity contribution in [2.24, 2.45) is 5.41 Å². The van der Waals surface area contributed by atoms with E-state index in [1.807, 2.05) is 71.2 Å². The molecule has 4 heterocycles. The predicted molar refractivity (Wildman–Crippen MR) is 152 cm³/mol. The monoisotopic (exact) mass is 568 g/mol. The zero-order valence-corrected chi connectivity index (χ0v) is 24.7. The van der Waals surface area contributed by atoms with Gasteiger partial charge in [0.15, 0.2) is 5.82 Å². The summed E-state index contributed by atoms with van der Waals surface area (Å²) in [6.45, 7) is 11.3. The molecule has 12 heteroatoms. The number of aromatic nitrogens is 3. The Kier molecular flexibility index (Phi) is 8.29. The van der Waals surface area contributed by atoms with Crippen LogP contribution in [0.5, 0.6) is 5.88 Å². The Bertz CT molecular complexity index is 1380. The van der Waals surface area contributed by atoms with Gasteiger partial charge in [0.05, 0.1) is 19.2 Å². The largest absolute Gasteiger partial charge is 0.471 e. The summed E-state index contributed by atoms with van der Waals surface area (Å²) in [5, 5.41) is 7.55. The van der Waals surface area contributed by atoms with Gasteiger partial charge in [0.2, 0.25) is 11.8 Å². The number of likely N-dealkylation sites (tertiary alicyclic amines) is 1. The van der Waals surface area contributed by atoms with E-state index < -0.39 is 47.0 Å². The molecule has 0 aliphatic carbocycles. The van der Waals surface area contributed by atoms with Crippen molar-refractivity contribution in [3.63, 3.8) is 0 Å². The number of ether oxygens (including phenoxy) is 2. The molecule has 1 aliphatic rings. The summed E-state index contributed by atoms with van der Waals surface area (Å²) in [6.07, 6.45) is 1.33. The Labute approximate surface area is 237 Å². The number of esters is 1. The minimum absolute atomic E-state index is 0.115. The van der Waals surface area contributed by atoms with Crippen LogP contribution in [0.2, 0.25) is 0 Å². The summed E-state index contributed by atoms with van der Waals surface area (Å²) in [6, 6.07) is 5.11. The summed E-state index contributed by atoms with van der Waals surface area (Å²) in [5.74, 6) is -0.169. The SMILES string of the molecule is COC(=O)C1C[C@@H](Oc2nc(-c3ccccn3)nc3ccsc23)CN1C(=O)[C@@H](NC(=O)NC(C)(C)C)C(C)(C)C. The fourth-order valence-corrected chi connectivity index (χ4v) is 5.25. The molecule has 0 spiro atoms. The molecule has 0 saturated carbocycles. The lowest BCUT2D eigenvalue weighted by Gasteiger charge is -2.35. The molecular formula is C28H36N6O5S. The number of pyridine rings is 1. The number of methoxy groups -OCH3 is 1.